The molecule has 1 saturated heterocycles. The molecule has 0 aliphatic carbocycles. The fraction of sp³-hybridized carbons (Fsp3) is 0.308. The molecule has 1 atom stereocenters. The largest absolute Gasteiger partial charge is 0.477 e. The van der Waals surface area contributed by atoms with Gasteiger partial charge in [0.1, 0.15) is 16.9 Å². The van der Waals surface area contributed by atoms with Gasteiger partial charge in [0.05, 0.1) is 11.3 Å². The predicted molar refractivity (Wildman–Crippen MR) is 72.5 cm³/mol. The van der Waals surface area contributed by atoms with Gasteiger partial charge in [0, 0.05) is 24.6 Å². The normalized spacial score (nSPS) is 25.5. The molecule has 0 saturated carbocycles. The SMILES string of the molecule is O=C(O)C1=CSC2/C(=C\c3cn4c(n3)CCC4)C(=O)N12. The van der Waals surface area contributed by atoms with Gasteiger partial charge in [-0.1, -0.05) is 0 Å². The fourth-order valence-electron chi connectivity index (χ4n) is 2.77. The van der Waals surface area contributed by atoms with Crippen LogP contribution in [0, 0.1) is 0 Å². The summed E-state index contributed by atoms with van der Waals surface area (Å²) in [5.41, 5.74) is 1.47. The molecule has 3 aliphatic heterocycles. The monoisotopic (exact) mass is 289 g/mol. The Labute approximate surface area is 118 Å². The Kier molecular flexibility index (Phi) is 2.35. The molecule has 1 N–H and O–H groups in total. The summed E-state index contributed by atoms with van der Waals surface area (Å²) in [6, 6.07) is 0. The quantitative estimate of drug-likeness (QED) is 0.650. The average Bonchev–Trinajstić information content (AvgIpc) is 3.07. The fourth-order valence-corrected chi connectivity index (χ4v) is 3.89. The molecule has 0 spiro atoms. The molecule has 6 nitrogen and oxygen atoms in total. The summed E-state index contributed by atoms with van der Waals surface area (Å²) in [4.78, 5) is 28.8. The number of carboxylic acid groups (broad SMARTS) is 1. The van der Waals surface area contributed by atoms with Crippen LogP contribution in [0.4, 0.5) is 0 Å². The van der Waals surface area contributed by atoms with Gasteiger partial charge in [-0.05, 0) is 12.5 Å². The summed E-state index contributed by atoms with van der Waals surface area (Å²) >= 11 is 1.35. The van der Waals surface area contributed by atoms with Crippen LogP contribution in [0.25, 0.3) is 6.08 Å². The highest BCUT2D eigenvalue weighted by Gasteiger charge is 2.49. The van der Waals surface area contributed by atoms with E-state index in [1.54, 1.807) is 6.08 Å². The van der Waals surface area contributed by atoms with E-state index in [1.807, 2.05) is 6.20 Å². The highest BCUT2D eigenvalue weighted by molar-refractivity contribution is 8.03. The van der Waals surface area contributed by atoms with E-state index in [2.05, 4.69) is 9.55 Å². The van der Waals surface area contributed by atoms with Crippen LogP contribution in [-0.4, -0.2) is 36.8 Å². The number of hydrogen-bond donors (Lipinski definition) is 1. The highest BCUT2D eigenvalue weighted by atomic mass is 32.2. The summed E-state index contributed by atoms with van der Waals surface area (Å²) in [5.74, 6) is -0.237. The molecule has 4 heterocycles. The van der Waals surface area contributed by atoms with Crippen molar-refractivity contribution in [1.82, 2.24) is 14.5 Å². The zero-order chi connectivity index (χ0) is 13.9. The first kappa shape index (κ1) is 11.8. The molecule has 1 unspecified atom stereocenters. The molecule has 0 bridgehead atoms. The van der Waals surface area contributed by atoms with Crippen molar-refractivity contribution in [3.05, 3.63) is 34.4 Å². The second-order valence-corrected chi connectivity index (χ2v) is 5.90. The lowest BCUT2D eigenvalue weighted by Crippen LogP contribution is -2.51. The number of aryl methyl sites for hydroxylation is 2. The van der Waals surface area contributed by atoms with E-state index in [0.29, 0.717) is 5.57 Å². The van der Waals surface area contributed by atoms with E-state index in [4.69, 9.17) is 5.11 Å². The second kappa shape index (κ2) is 3.99. The van der Waals surface area contributed by atoms with E-state index < -0.39 is 5.97 Å². The maximum absolute atomic E-state index is 12.0. The zero-order valence-electron chi connectivity index (χ0n) is 10.4. The number of carbonyl (C=O) groups is 2. The predicted octanol–water partition coefficient (Wildman–Crippen LogP) is 1.05. The number of aromatic nitrogens is 2. The molecule has 0 aromatic carbocycles. The van der Waals surface area contributed by atoms with Crippen LogP contribution in [0.1, 0.15) is 17.9 Å². The molecule has 7 heteroatoms. The molecule has 1 aromatic rings. The number of imidazole rings is 1. The van der Waals surface area contributed by atoms with Crippen LogP contribution in [-0.2, 0) is 22.6 Å². The van der Waals surface area contributed by atoms with Crippen molar-refractivity contribution in [2.75, 3.05) is 0 Å². The van der Waals surface area contributed by atoms with Crippen molar-refractivity contribution in [2.45, 2.75) is 24.8 Å². The summed E-state index contributed by atoms with van der Waals surface area (Å²) < 4.78 is 2.11. The molecule has 3 aliphatic rings. The zero-order valence-corrected chi connectivity index (χ0v) is 11.3. The van der Waals surface area contributed by atoms with Crippen LogP contribution >= 0.6 is 11.8 Å². The number of carboxylic acids is 1. The van der Waals surface area contributed by atoms with Crippen LogP contribution < -0.4 is 0 Å². The summed E-state index contributed by atoms with van der Waals surface area (Å²) in [6.07, 6.45) is 5.83. The Bertz CT molecular complexity index is 682. The lowest BCUT2D eigenvalue weighted by atomic mass is 10.0. The van der Waals surface area contributed by atoms with Gasteiger partial charge in [-0.3, -0.25) is 9.69 Å². The Hall–Kier alpha value is -2.02. The first-order chi connectivity index (χ1) is 9.65. The number of fused-ring (bicyclic) bond motifs is 2. The molecule has 1 amide bonds. The van der Waals surface area contributed by atoms with Crippen LogP contribution in [0.5, 0.6) is 0 Å². The van der Waals surface area contributed by atoms with E-state index in [-0.39, 0.29) is 17.0 Å². The molecular formula is C13H11N3O3S. The maximum atomic E-state index is 12.0. The second-order valence-electron chi connectivity index (χ2n) is 4.95. The molecule has 4 rings (SSSR count). The number of aliphatic carboxylic acids is 1. The van der Waals surface area contributed by atoms with E-state index in [1.165, 1.54) is 22.1 Å². The van der Waals surface area contributed by atoms with Gasteiger partial charge < -0.3 is 9.67 Å². The topological polar surface area (TPSA) is 75.4 Å². The number of nitrogens with zero attached hydrogens (tertiary/aromatic N) is 3. The molecule has 20 heavy (non-hydrogen) atoms. The van der Waals surface area contributed by atoms with Gasteiger partial charge in [-0.25, -0.2) is 9.78 Å². The first-order valence-electron chi connectivity index (χ1n) is 6.35. The first-order valence-corrected chi connectivity index (χ1v) is 7.29. The van der Waals surface area contributed by atoms with Crippen molar-refractivity contribution in [3.8, 4) is 0 Å². The van der Waals surface area contributed by atoms with Crippen molar-refractivity contribution in [1.29, 1.82) is 0 Å². The van der Waals surface area contributed by atoms with Crippen LogP contribution in [0.3, 0.4) is 0 Å². The number of rotatable bonds is 2. The Morgan fingerprint density at radius 3 is 3.15 bits per heavy atom. The molecule has 1 aromatic heterocycles. The summed E-state index contributed by atoms with van der Waals surface area (Å²) in [7, 11) is 0. The van der Waals surface area contributed by atoms with Gasteiger partial charge in [-0.15, -0.1) is 11.8 Å². The Balaban J connectivity index is 1.61. The standard InChI is InChI=1S/C13H11N3O3S/c17-11-8(12-16(11)9(6-20-12)13(18)19)4-7-5-15-3-1-2-10(15)14-7/h4-6,12H,1-3H2,(H,18,19)/b8-4-. The third-order valence-electron chi connectivity index (χ3n) is 3.73. The third-order valence-corrected chi connectivity index (χ3v) is 4.82. The maximum Gasteiger partial charge on any atom is 0.353 e. The lowest BCUT2D eigenvalue weighted by Gasteiger charge is -2.36. The van der Waals surface area contributed by atoms with Crippen molar-refractivity contribution < 1.29 is 14.7 Å². The number of carbonyl (C=O) groups excluding carboxylic acids is 1. The van der Waals surface area contributed by atoms with Gasteiger partial charge in [-0.2, -0.15) is 0 Å². The van der Waals surface area contributed by atoms with Gasteiger partial charge >= 0.3 is 5.97 Å². The van der Waals surface area contributed by atoms with Crippen LogP contribution in [0.15, 0.2) is 22.9 Å². The highest BCUT2D eigenvalue weighted by Crippen LogP contribution is 2.45. The lowest BCUT2D eigenvalue weighted by molar-refractivity contribution is -0.141. The van der Waals surface area contributed by atoms with Gasteiger partial charge in [0.2, 0.25) is 0 Å². The Morgan fingerprint density at radius 2 is 2.40 bits per heavy atom. The third kappa shape index (κ3) is 1.49. The number of β-lactam (4-membered cyclic amide) rings is 1. The Morgan fingerprint density at radius 1 is 1.55 bits per heavy atom. The molecule has 102 valence electrons. The van der Waals surface area contributed by atoms with Crippen molar-refractivity contribution in [2.24, 2.45) is 0 Å². The number of thioether (sulfide) groups is 1. The minimum absolute atomic E-state index is 0.0643. The smallest absolute Gasteiger partial charge is 0.353 e. The van der Waals surface area contributed by atoms with Gasteiger partial charge in [0.15, 0.2) is 0 Å². The minimum atomic E-state index is -1.06. The molecular weight excluding hydrogens is 278 g/mol. The van der Waals surface area contributed by atoms with E-state index >= 15 is 0 Å². The minimum Gasteiger partial charge on any atom is -0.477 e. The average molecular weight is 289 g/mol. The van der Waals surface area contributed by atoms with Crippen molar-refractivity contribution in [3.63, 3.8) is 0 Å². The van der Waals surface area contributed by atoms with E-state index in [0.717, 1.165) is 30.9 Å². The summed E-state index contributed by atoms with van der Waals surface area (Å²) in [5, 5.41) is 10.3. The number of amides is 1. The van der Waals surface area contributed by atoms with Crippen LogP contribution in [0.2, 0.25) is 0 Å². The van der Waals surface area contributed by atoms with Crippen molar-refractivity contribution >= 4 is 29.7 Å². The summed E-state index contributed by atoms with van der Waals surface area (Å²) in [6.45, 7) is 0.981. The molecule has 0 radical (unpaired) electrons. The van der Waals surface area contributed by atoms with Gasteiger partial charge in [0.25, 0.3) is 5.91 Å². The van der Waals surface area contributed by atoms with E-state index in [9.17, 15) is 9.59 Å². The molecule has 1 fully saturated rings. The number of hydrogen-bond acceptors (Lipinski definition) is 4.